The van der Waals surface area contributed by atoms with Crippen LogP contribution in [0.25, 0.3) is 0 Å². The molecule has 0 spiro atoms. The van der Waals surface area contributed by atoms with Gasteiger partial charge in [0.2, 0.25) is 5.91 Å². The van der Waals surface area contributed by atoms with Crippen LogP contribution in [0.4, 0.5) is 0 Å². The SMILES string of the molecule is CC(C)NC(=O)CCS(=O)(=O)c1cc(C(=O)O)ccc1Br. The van der Waals surface area contributed by atoms with Gasteiger partial charge in [-0.2, -0.15) is 0 Å². The van der Waals surface area contributed by atoms with Gasteiger partial charge in [0.1, 0.15) is 0 Å². The molecular formula is C13H16BrNO5S. The number of sulfone groups is 1. The predicted molar refractivity (Wildman–Crippen MR) is 81.0 cm³/mol. The van der Waals surface area contributed by atoms with Gasteiger partial charge in [0.05, 0.1) is 16.2 Å². The summed E-state index contributed by atoms with van der Waals surface area (Å²) < 4.78 is 24.7. The summed E-state index contributed by atoms with van der Waals surface area (Å²) in [5.41, 5.74) is -0.122. The average molecular weight is 378 g/mol. The molecule has 1 aromatic carbocycles. The first kappa shape index (κ1) is 17.6. The lowest BCUT2D eigenvalue weighted by atomic mass is 10.2. The Hall–Kier alpha value is -1.41. The smallest absolute Gasteiger partial charge is 0.335 e. The molecule has 0 fully saturated rings. The fourth-order valence-electron chi connectivity index (χ4n) is 1.61. The highest BCUT2D eigenvalue weighted by molar-refractivity contribution is 9.10. The van der Waals surface area contributed by atoms with Crippen molar-refractivity contribution in [2.24, 2.45) is 0 Å². The molecule has 0 aliphatic heterocycles. The van der Waals surface area contributed by atoms with Gasteiger partial charge < -0.3 is 10.4 Å². The normalized spacial score (nSPS) is 11.4. The number of aromatic carboxylic acids is 1. The van der Waals surface area contributed by atoms with E-state index in [0.29, 0.717) is 0 Å². The Labute approximate surface area is 131 Å². The van der Waals surface area contributed by atoms with Gasteiger partial charge in [-0.25, -0.2) is 13.2 Å². The maximum atomic E-state index is 12.2. The van der Waals surface area contributed by atoms with Crippen LogP contribution in [-0.2, 0) is 14.6 Å². The van der Waals surface area contributed by atoms with E-state index < -0.39 is 15.8 Å². The Morgan fingerprint density at radius 1 is 1.33 bits per heavy atom. The van der Waals surface area contributed by atoms with Crippen LogP contribution in [0.15, 0.2) is 27.6 Å². The zero-order chi connectivity index (χ0) is 16.2. The van der Waals surface area contributed by atoms with E-state index in [4.69, 9.17) is 5.11 Å². The number of nitrogens with one attached hydrogen (secondary N) is 1. The molecule has 0 heterocycles. The summed E-state index contributed by atoms with van der Waals surface area (Å²) in [5.74, 6) is -1.96. The zero-order valence-corrected chi connectivity index (χ0v) is 14.0. The van der Waals surface area contributed by atoms with Crippen LogP contribution in [0.2, 0.25) is 0 Å². The lowest BCUT2D eigenvalue weighted by molar-refractivity contribution is -0.121. The molecule has 0 saturated heterocycles. The first-order valence-electron chi connectivity index (χ1n) is 6.18. The number of hydrogen-bond acceptors (Lipinski definition) is 4. The zero-order valence-electron chi connectivity index (χ0n) is 11.6. The lowest BCUT2D eigenvalue weighted by Crippen LogP contribution is -2.31. The van der Waals surface area contributed by atoms with Gasteiger partial charge in [-0.05, 0) is 48.0 Å². The Balaban J connectivity index is 2.95. The van der Waals surface area contributed by atoms with Crippen LogP contribution in [0, 0.1) is 0 Å². The molecule has 0 radical (unpaired) electrons. The Morgan fingerprint density at radius 3 is 2.48 bits per heavy atom. The minimum Gasteiger partial charge on any atom is -0.478 e. The largest absolute Gasteiger partial charge is 0.478 e. The Kier molecular flexibility index (Phi) is 5.91. The molecule has 1 rings (SSSR count). The maximum absolute atomic E-state index is 12.2. The van der Waals surface area contributed by atoms with Gasteiger partial charge >= 0.3 is 5.97 Å². The number of hydrogen-bond donors (Lipinski definition) is 2. The molecule has 0 aliphatic rings. The molecule has 6 nitrogen and oxygen atoms in total. The van der Waals surface area contributed by atoms with E-state index in [-0.39, 0.29) is 39.1 Å². The van der Waals surface area contributed by atoms with E-state index in [1.807, 2.05) is 0 Å². The van der Waals surface area contributed by atoms with Gasteiger partial charge in [-0.1, -0.05) is 0 Å². The van der Waals surface area contributed by atoms with Crippen LogP contribution in [0.5, 0.6) is 0 Å². The van der Waals surface area contributed by atoms with E-state index in [1.165, 1.54) is 12.1 Å². The predicted octanol–water partition coefficient (Wildman–Crippen LogP) is 1.84. The Morgan fingerprint density at radius 2 is 1.95 bits per heavy atom. The number of carboxylic acids is 1. The number of halogens is 1. The van der Waals surface area contributed by atoms with Crippen molar-refractivity contribution in [1.29, 1.82) is 0 Å². The summed E-state index contributed by atoms with van der Waals surface area (Å²) in [7, 11) is -3.75. The average Bonchev–Trinajstić information content (AvgIpc) is 2.35. The number of carboxylic acid groups (broad SMARTS) is 1. The minimum atomic E-state index is -3.75. The standard InChI is InChI=1S/C13H16BrNO5S/c1-8(2)15-12(16)5-6-21(19,20)11-7-9(13(17)18)3-4-10(11)14/h3-4,7-8H,5-6H2,1-2H3,(H,15,16)(H,17,18). The highest BCUT2D eigenvalue weighted by Gasteiger charge is 2.21. The van der Waals surface area contributed by atoms with Gasteiger partial charge in [-0.15, -0.1) is 0 Å². The number of amides is 1. The third-order valence-corrected chi connectivity index (χ3v) is 5.26. The molecule has 1 amide bonds. The molecule has 21 heavy (non-hydrogen) atoms. The second-order valence-corrected chi connectivity index (χ2v) is 7.67. The van der Waals surface area contributed by atoms with Crippen molar-refractivity contribution in [2.45, 2.75) is 31.2 Å². The number of benzene rings is 1. The van der Waals surface area contributed by atoms with Gasteiger partial charge in [-0.3, -0.25) is 4.79 Å². The molecule has 0 unspecified atom stereocenters. The number of rotatable bonds is 6. The Bertz CT molecular complexity index is 655. The first-order chi connectivity index (χ1) is 9.63. The molecule has 0 atom stereocenters. The fourth-order valence-corrected chi connectivity index (χ4v) is 3.94. The van der Waals surface area contributed by atoms with Crippen LogP contribution in [0.3, 0.4) is 0 Å². The van der Waals surface area contributed by atoms with Crippen molar-refractivity contribution >= 4 is 37.6 Å². The second-order valence-electron chi connectivity index (χ2n) is 4.74. The van der Waals surface area contributed by atoms with E-state index in [0.717, 1.165) is 6.07 Å². The summed E-state index contributed by atoms with van der Waals surface area (Å²) in [6.07, 6.45) is -0.176. The molecule has 0 aliphatic carbocycles. The second kappa shape index (κ2) is 7.04. The lowest BCUT2D eigenvalue weighted by Gasteiger charge is -2.10. The summed E-state index contributed by atoms with van der Waals surface area (Å²) in [5, 5.41) is 11.5. The molecule has 1 aromatic rings. The van der Waals surface area contributed by atoms with Crippen molar-refractivity contribution in [2.75, 3.05) is 5.75 Å². The highest BCUT2D eigenvalue weighted by atomic mass is 79.9. The third kappa shape index (κ3) is 5.13. The third-order valence-electron chi connectivity index (χ3n) is 2.56. The number of carbonyl (C=O) groups is 2. The van der Waals surface area contributed by atoms with Crippen molar-refractivity contribution in [3.05, 3.63) is 28.2 Å². The van der Waals surface area contributed by atoms with Crippen LogP contribution < -0.4 is 5.32 Å². The van der Waals surface area contributed by atoms with Crippen LogP contribution in [-0.4, -0.2) is 37.2 Å². The van der Waals surface area contributed by atoms with Crippen LogP contribution >= 0.6 is 15.9 Å². The molecule has 0 saturated carbocycles. The van der Waals surface area contributed by atoms with Crippen molar-refractivity contribution in [1.82, 2.24) is 5.32 Å². The van der Waals surface area contributed by atoms with E-state index in [2.05, 4.69) is 21.2 Å². The van der Waals surface area contributed by atoms with Crippen molar-refractivity contribution in [3.63, 3.8) is 0 Å². The molecule has 0 aromatic heterocycles. The van der Waals surface area contributed by atoms with E-state index in [1.54, 1.807) is 13.8 Å². The van der Waals surface area contributed by atoms with Gasteiger partial charge in [0, 0.05) is 16.9 Å². The molecular weight excluding hydrogens is 362 g/mol. The number of carbonyl (C=O) groups excluding carboxylic acids is 1. The quantitative estimate of drug-likeness (QED) is 0.787. The van der Waals surface area contributed by atoms with E-state index in [9.17, 15) is 18.0 Å². The topological polar surface area (TPSA) is 101 Å². The van der Waals surface area contributed by atoms with Gasteiger partial charge in [0.15, 0.2) is 9.84 Å². The summed E-state index contributed by atoms with van der Waals surface area (Å²) >= 11 is 3.09. The molecule has 116 valence electrons. The molecule has 8 heteroatoms. The monoisotopic (exact) mass is 377 g/mol. The summed E-state index contributed by atoms with van der Waals surface area (Å²) in [6, 6.07) is 3.69. The first-order valence-corrected chi connectivity index (χ1v) is 8.63. The fraction of sp³-hybridized carbons (Fsp3) is 0.385. The summed E-state index contributed by atoms with van der Waals surface area (Å²) in [4.78, 5) is 22.3. The van der Waals surface area contributed by atoms with Crippen LogP contribution in [0.1, 0.15) is 30.6 Å². The maximum Gasteiger partial charge on any atom is 0.335 e. The molecule has 0 bridgehead atoms. The highest BCUT2D eigenvalue weighted by Crippen LogP contribution is 2.24. The van der Waals surface area contributed by atoms with Crippen molar-refractivity contribution < 1.29 is 23.1 Å². The minimum absolute atomic E-state index is 0.0673. The van der Waals surface area contributed by atoms with E-state index >= 15 is 0 Å². The summed E-state index contributed by atoms with van der Waals surface area (Å²) in [6.45, 7) is 3.55. The molecule has 2 N–H and O–H groups in total. The van der Waals surface area contributed by atoms with Gasteiger partial charge in [0.25, 0.3) is 0 Å². The van der Waals surface area contributed by atoms with Crippen molar-refractivity contribution in [3.8, 4) is 0 Å².